The van der Waals surface area contributed by atoms with Crippen LogP contribution in [0.2, 0.25) is 0 Å². The second-order valence-corrected chi connectivity index (χ2v) is 11.2. The van der Waals surface area contributed by atoms with Crippen molar-refractivity contribution < 1.29 is 35.5 Å². The van der Waals surface area contributed by atoms with E-state index >= 15 is 0 Å². The van der Waals surface area contributed by atoms with Gasteiger partial charge in [0.2, 0.25) is 5.90 Å². The molecule has 0 spiro atoms. The summed E-state index contributed by atoms with van der Waals surface area (Å²) in [6.45, 7) is 2.03. The van der Waals surface area contributed by atoms with Crippen molar-refractivity contribution in [3.63, 3.8) is 0 Å². The Morgan fingerprint density at radius 3 is 2.05 bits per heavy atom. The van der Waals surface area contributed by atoms with Crippen molar-refractivity contribution in [3.8, 4) is 5.69 Å². The van der Waals surface area contributed by atoms with Gasteiger partial charge in [-0.25, -0.2) is 4.68 Å². The third-order valence-electron chi connectivity index (χ3n) is 5.76. The highest BCUT2D eigenvalue weighted by atomic mass is 32.2. The number of benzene rings is 2. The molecule has 40 heavy (non-hydrogen) atoms. The van der Waals surface area contributed by atoms with Gasteiger partial charge < -0.3 is 4.74 Å². The van der Waals surface area contributed by atoms with Gasteiger partial charge in [-0.1, -0.05) is 18.2 Å². The second kappa shape index (κ2) is 11.4. The number of hydrazone groups is 1. The van der Waals surface area contributed by atoms with Gasteiger partial charge >= 0.3 is 0 Å². The van der Waals surface area contributed by atoms with Crippen LogP contribution in [-0.4, -0.2) is 54.1 Å². The first kappa shape index (κ1) is 28.7. The minimum absolute atomic E-state index is 0.202. The number of H-pyrrole nitrogens is 1. The number of nitrogens with zero attached hydrogens (tertiary/aromatic N) is 3. The number of ether oxygens (including phenoxy) is 1. The van der Waals surface area contributed by atoms with E-state index in [-0.39, 0.29) is 34.6 Å². The first-order valence-electron chi connectivity index (χ1n) is 11.7. The van der Waals surface area contributed by atoms with Crippen molar-refractivity contribution in [3.05, 3.63) is 88.9 Å². The van der Waals surface area contributed by atoms with E-state index in [4.69, 9.17) is 13.8 Å². The molecule has 0 saturated carbocycles. The number of carbonyl (C=O) groups excluding carboxylic acids is 1. The van der Waals surface area contributed by atoms with E-state index in [0.717, 1.165) is 17.1 Å². The number of hydrogen-bond acceptors (Lipinski definition) is 8. The third-order valence-corrected chi connectivity index (χ3v) is 7.50. The zero-order valence-electron chi connectivity index (χ0n) is 20.9. The molecule has 0 fully saturated rings. The first-order chi connectivity index (χ1) is 18.9. The van der Waals surface area contributed by atoms with Crippen molar-refractivity contribution >= 4 is 43.8 Å². The van der Waals surface area contributed by atoms with Crippen LogP contribution in [0.15, 0.2) is 92.6 Å². The normalized spacial score (nSPS) is 16.3. The lowest BCUT2D eigenvalue weighted by atomic mass is 10.0. The summed E-state index contributed by atoms with van der Waals surface area (Å²) in [4.78, 5) is 25.1. The van der Waals surface area contributed by atoms with Crippen LogP contribution in [0.3, 0.4) is 0 Å². The van der Waals surface area contributed by atoms with Gasteiger partial charge in [-0.3, -0.25) is 23.8 Å². The smallest absolute Gasteiger partial charge is 0.294 e. The highest BCUT2D eigenvalue weighted by Gasteiger charge is 2.37. The summed E-state index contributed by atoms with van der Waals surface area (Å²) in [5, 5.41) is 8.12. The fourth-order valence-electron chi connectivity index (χ4n) is 3.81. The van der Waals surface area contributed by atoms with Crippen molar-refractivity contribution in [1.29, 1.82) is 0 Å². The number of nitrogens with one attached hydrogen (secondary N) is 1. The van der Waals surface area contributed by atoms with Crippen LogP contribution < -0.4 is 10.6 Å². The summed E-state index contributed by atoms with van der Waals surface area (Å²) in [7, 11) is -8.73. The summed E-state index contributed by atoms with van der Waals surface area (Å²) in [6.07, 6.45) is 8.22. The number of allylic oxidation sites excluding steroid dienone is 3. The zero-order valence-corrected chi connectivity index (χ0v) is 22.5. The van der Waals surface area contributed by atoms with E-state index in [1.165, 1.54) is 47.3 Å². The Morgan fingerprint density at radius 1 is 0.925 bits per heavy atom. The predicted octanol–water partition coefficient (Wildman–Crippen LogP) is 2.63. The number of carbonyl (C=O) groups is 1. The number of amides is 1. The molecule has 1 atom stereocenters. The molecule has 1 unspecified atom stereocenters. The van der Waals surface area contributed by atoms with Gasteiger partial charge in [-0.15, -0.1) is 5.10 Å². The van der Waals surface area contributed by atoms with Crippen molar-refractivity contribution in [2.75, 3.05) is 11.6 Å². The molecule has 15 heteroatoms. The lowest BCUT2D eigenvalue weighted by Crippen LogP contribution is -2.27. The molecular formula is C25H24N4O9S2. The molecule has 0 bridgehead atoms. The molecule has 0 saturated heterocycles. The number of aromatic amines is 1. The molecule has 0 aliphatic carbocycles. The molecule has 2 aromatic carbocycles. The largest absolute Gasteiger partial charge is 0.479 e. The molecule has 1 aromatic heterocycles. The molecule has 1 aliphatic heterocycles. The summed E-state index contributed by atoms with van der Waals surface area (Å²) in [5.41, 5.74) is 0.595. The summed E-state index contributed by atoms with van der Waals surface area (Å²) in [5.74, 6) is -0.903. The average molecular weight is 589 g/mol. The molecular weight excluding hydrogens is 564 g/mol. The van der Waals surface area contributed by atoms with Crippen molar-refractivity contribution in [1.82, 2.24) is 9.78 Å². The standard InChI is InChI=1S/C25H24N4O9S2/c1-2-38-23-22(25(31)29(27-23)19-10-14-21(15-11-19)40(35,36)37)7-5-3-4-6-17-16-26-28(24(17)30)18-8-12-20(13-9-18)39(32,33)34/h3-6,8-16,22,26H,2,7H2,1H3,(H,32,33,34)(H,35,36,37). The Labute approximate surface area is 229 Å². The topological polar surface area (TPSA) is 188 Å². The third kappa shape index (κ3) is 6.28. The zero-order chi connectivity index (χ0) is 29.1. The highest BCUT2D eigenvalue weighted by Crippen LogP contribution is 2.27. The van der Waals surface area contributed by atoms with Crippen LogP contribution in [-0.2, 0) is 29.8 Å². The van der Waals surface area contributed by atoms with Gasteiger partial charge in [0.15, 0.2) is 0 Å². The molecule has 210 valence electrons. The Bertz CT molecular complexity index is 1770. The summed E-state index contributed by atoms with van der Waals surface area (Å²) < 4.78 is 69.9. The lowest BCUT2D eigenvalue weighted by Gasteiger charge is -2.13. The molecule has 3 aromatic rings. The SMILES string of the molecule is CCOC1=NN(c2ccc(S(=O)(=O)O)cc2)C(=O)C1CC=CC=Cc1c[nH]n(-c2ccc(S(=O)(=O)O)cc2)c1=O. The lowest BCUT2D eigenvalue weighted by molar-refractivity contribution is -0.119. The van der Waals surface area contributed by atoms with Crippen LogP contribution in [0, 0.1) is 5.92 Å². The monoisotopic (exact) mass is 588 g/mol. The van der Waals surface area contributed by atoms with Gasteiger partial charge in [0, 0.05) is 6.20 Å². The van der Waals surface area contributed by atoms with Crippen LogP contribution in [0.25, 0.3) is 11.8 Å². The highest BCUT2D eigenvalue weighted by molar-refractivity contribution is 7.86. The van der Waals surface area contributed by atoms with Crippen LogP contribution in [0.5, 0.6) is 0 Å². The fraction of sp³-hybridized carbons (Fsp3) is 0.160. The minimum Gasteiger partial charge on any atom is -0.479 e. The molecule has 4 rings (SSSR count). The predicted molar refractivity (Wildman–Crippen MR) is 145 cm³/mol. The van der Waals surface area contributed by atoms with E-state index in [9.17, 15) is 26.4 Å². The average Bonchev–Trinajstić information content (AvgIpc) is 3.42. The minimum atomic E-state index is -4.38. The maximum absolute atomic E-state index is 13.0. The van der Waals surface area contributed by atoms with Crippen LogP contribution in [0.4, 0.5) is 5.69 Å². The number of hydrogen-bond donors (Lipinski definition) is 3. The molecule has 0 radical (unpaired) electrons. The van der Waals surface area contributed by atoms with E-state index in [2.05, 4.69) is 10.2 Å². The van der Waals surface area contributed by atoms with Crippen LogP contribution in [0.1, 0.15) is 18.9 Å². The summed E-state index contributed by atoms with van der Waals surface area (Å²) >= 11 is 0. The Hall–Kier alpha value is -4.31. The maximum Gasteiger partial charge on any atom is 0.294 e. The van der Waals surface area contributed by atoms with Gasteiger partial charge in [0.05, 0.1) is 33.3 Å². The van der Waals surface area contributed by atoms with Crippen molar-refractivity contribution in [2.45, 2.75) is 23.1 Å². The number of rotatable bonds is 9. The van der Waals surface area contributed by atoms with Gasteiger partial charge in [0.1, 0.15) is 5.92 Å². The van der Waals surface area contributed by atoms with Crippen LogP contribution >= 0.6 is 0 Å². The number of aromatic nitrogens is 2. The molecule has 13 nitrogen and oxygen atoms in total. The van der Waals surface area contributed by atoms with E-state index in [0.29, 0.717) is 16.9 Å². The van der Waals surface area contributed by atoms with Gasteiger partial charge in [-0.05, 0) is 68.0 Å². The Kier molecular flexibility index (Phi) is 8.20. The quantitative estimate of drug-likeness (QED) is 0.249. The Morgan fingerprint density at radius 2 is 1.50 bits per heavy atom. The Balaban J connectivity index is 1.43. The fourth-order valence-corrected chi connectivity index (χ4v) is 4.77. The summed E-state index contributed by atoms with van der Waals surface area (Å²) in [6, 6.07) is 10.1. The van der Waals surface area contributed by atoms with Crippen molar-refractivity contribution in [2.24, 2.45) is 11.0 Å². The molecule has 1 aliphatic rings. The first-order valence-corrected chi connectivity index (χ1v) is 14.6. The maximum atomic E-state index is 13.0. The molecule has 2 heterocycles. The molecule has 1 amide bonds. The number of anilines is 1. The van der Waals surface area contributed by atoms with Gasteiger partial charge in [-0.2, -0.15) is 21.8 Å². The molecule has 3 N–H and O–H groups in total. The second-order valence-electron chi connectivity index (χ2n) is 8.40. The van der Waals surface area contributed by atoms with E-state index in [1.807, 2.05) is 0 Å². The van der Waals surface area contributed by atoms with Gasteiger partial charge in [0.25, 0.3) is 31.7 Å². The van der Waals surface area contributed by atoms with E-state index in [1.54, 1.807) is 31.2 Å². The van der Waals surface area contributed by atoms with E-state index < -0.39 is 31.7 Å².